The summed E-state index contributed by atoms with van der Waals surface area (Å²) in [5.74, 6) is 0.719. The summed E-state index contributed by atoms with van der Waals surface area (Å²) in [5.41, 5.74) is 2.95. The number of nitrogens with one attached hydrogen (secondary N) is 3. The van der Waals surface area contributed by atoms with Gasteiger partial charge >= 0.3 is 6.09 Å². The Hall–Kier alpha value is -3.07. The van der Waals surface area contributed by atoms with E-state index in [1.165, 1.54) is 10.9 Å². The van der Waals surface area contributed by atoms with Crippen LogP contribution in [0.2, 0.25) is 0 Å². The van der Waals surface area contributed by atoms with E-state index < -0.39 is 12.2 Å². The highest BCUT2D eigenvalue weighted by Crippen LogP contribution is 2.30. The molecule has 3 heterocycles. The quantitative estimate of drug-likeness (QED) is 0.564. The Kier molecular flexibility index (Phi) is 5.50. The number of para-hydroxylation sites is 1. The lowest BCUT2D eigenvalue weighted by Gasteiger charge is -2.18. The molecule has 8 heteroatoms. The molecule has 2 aliphatic heterocycles. The number of hydrogen-bond acceptors (Lipinski definition) is 6. The van der Waals surface area contributed by atoms with Gasteiger partial charge in [0.25, 0.3) is 0 Å². The summed E-state index contributed by atoms with van der Waals surface area (Å²) in [6, 6.07) is 15.3. The molecule has 0 saturated carbocycles. The fourth-order valence-electron chi connectivity index (χ4n) is 4.22. The van der Waals surface area contributed by atoms with Crippen molar-refractivity contribution in [1.82, 2.24) is 10.3 Å². The largest absolute Gasteiger partial charge is 0.497 e. The molecule has 2 aliphatic rings. The van der Waals surface area contributed by atoms with Crippen molar-refractivity contribution in [3.05, 3.63) is 60.3 Å². The van der Waals surface area contributed by atoms with Crippen LogP contribution in [0, 0.1) is 0 Å². The number of hydrogen-bond donors (Lipinski definition) is 3. The molecule has 4 atom stereocenters. The number of aromatic nitrogens is 1. The third-order valence-corrected chi connectivity index (χ3v) is 5.83. The lowest BCUT2D eigenvalue weighted by molar-refractivity contribution is 0.00855. The number of carbonyl (C=O) groups excluding carboxylic acids is 1. The highest BCUT2D eigenvalue weighted by Gasteiger charge is 2.49. The Bertz CT molecular complexity index is 1050. The molecule has 31 heavy (non-hydrogen) atoms. The Morgan fingerprint density at radius 2 is 1.90 bits per heavy atom. The van der Waals surface area contributed by atoms with Crippen molar-refractivity contribution in [3.63, 3.8) is 0 Å². The number of ether oxygens (including phenoxy) is 4. The van der Waals surface area contributed by atoms with E-state index in [1.807, 2.05) is 18.3 Å². The van der Waals surface area contributed by atoms with Crippen molar-refractivity contribution < 1.29 is 23.7 Å². The van der Waals surface area contributed by atoms with Gasteiger partial charge in [-0.05, 0) is 35.9 Å². The molecular weight excluding hydrogens is 398 g/mol. The van der Waals surface area contributed by atoms with Gasteiger partial charge in [-0.25, -0.2) is 4.79 Å². The second-order valence-corrected chi connectivity index (χ2v) is 7.74. The minimum absolute atomic E-state index is 0.0388. The van der Waals surface area contributed by atoms with Crippen LogP contribution < -0.4 is 15.4 Å². The Labute approximate surface area is 179 Å². The first-order valence-electron chi connectivity index (χ1n) is 10.3. The van der Waals surface area contributed by atoms with Crippen LogP contribution in [0.3, 0.4) is 0 Å². The number of carbonyl (C=O) groups is 1. The second kappa shape index (κ2) is 8.58. The predicted molar refractivity (Wildman–Crippen MR) is 115 cm³/mol. The van der Waals surface area contributed by atoms with Gasteiger partial charge in [-0.3, -0.25) is 5.32 Å². The molecule has 2 saturated heterocycles. The van der Waals surface area contributed by atoms with Gasteiger partial charge in [0, 0.05) is 29.3 Å². The normalized spacial score (nSPS) is 24.8. The molecule has 1 aromatic heterocycles. The first kappa shape index (κ1) is 19.9. The molecule has 3 N–H and O–H groups in total. The minimum Gasteiger partial charge on any atom is -0.497 e. The molecule has 0 unspecified atom stereocenters. The first-order chi connectivity index (χ1) is 15.2. The van der Waals surface area contributed by atoms with E-state index in [9.17, 15) is 4.79 Å². The molecule has 0 aliphatic carbocycles. The zero-order valence-corrected chi connectivity index (χ0v) is 17.2. The number of aromatic amines is 1. The molecule has 0 radical (unpaired) electrons. The van der Waals surface area contributed by atoms with Crippen molar-refractivity contribution in [3.8, 4) is 5.75 Å². The monoisotopic (exact) mass is 423 g/mol. The fourth-order valence-corrected chi connectivity index (χ4v) is 4.22. The SMILES string of the molecule is COc1ccc(NC(=O)O[C@@H]2CO[C@H]3[C@@H]2OC[C@@H]3NCc2c[nH]c3ccccc23)cc1. The first-order valence-corrected chi connectivity index (χ1v) is 10.3. The average Bonchev–Trinajstić information content (AvgIpc) is 3.49. The maximum Gasteiger partial charge on any atom is 0.412 e. The van der Waals surface area contributed by atoms with E-state index in [-0.39, 0.29) is 18.2 Å². The van der Waals surface area contributed by atoms with Crippen molar-refractivity contribution in [2.75, 3.05) is 25.6 Å². The van der Waals surface area contributed by atoms with E-state index in [4.69, 9.17) is 18.9 Å². The minimum atomic E-state index is -0.529. The van der Waals surface area contributed by atoms with E-state index >= 15 is 0 Å². The number of amides is 1. The van der Waals surface area contributed by atoms with E-state index in [0.717, 1.165) is 11.3 Å². The molecule has 0 bridgehead atoms. The molecule has 162 valence electrons. The number of fused-ring (bicyclic) bond motifs is 2. The molecule has 1 amide bonds. The molecular formula is C23H25N3O5. The molecule has 8 nitrogen and oxygen atoms in total. The molecule has 0 spiro atoms. The van der Waals surface area contributed by atoms with Crippen LogP contribution >= 0.6 is 0 Å². The zero-order valence-electron chi connectivity index (χ0n) is 17.2. The van der Waals surface area contributed by atoms with Crippen LogP contribution in [0.5, 0.6) is 5.75 Å². The number of benzene rings is 2. The van der Waals surface area contributed by atoms with Gasteiger partial charge in [0.15, 0.2) is 6.10 Å². The number of H-pyrrole nitrogens is 1. The summed E-state index contributed by atoms with van der Waals surface area (Å²) in [7, 11) is 1.59. The van der Waals surface area contributed by atoms with Gasteiger partial charge in [0.2, 0.25) is 0 Å². The standard InChI is InChI=1S/C23H25N3O5/c1-28-16-8-6-15(7-9-16)26-23(27)31-20-13-30-21-19(12-29-22(20)21)25-11-14-10-24-18-5-3-2-4-17(14)18/h2-10,19-22,24-25H,11-13H2,1H3,(H,26,27)/t19-,20+,21+,22+/m0/s1. The highest BCUT2D eigenvalue weighted by molar-refractivity contribution is 5.85. The summed E-state index contributed by atoms with van der Waals surface area (Å²) in [5, 5.41) is 7.46. The predicted octanol–water partition coefficient (Wildman–Crippen LogP) is 3.05. The lowest BCUT2D eigenvalue weighted by atomic mass is 10.1. The Balaban J connectivity index is 1.14. The summed E-state index contributed by atoms with van der Waals surface area (Å²) in [6.45, 7) is 1.53. The van der Waals surface area contributed by atoms with Crippen LogP contribution in [0.25, 0.3) is 10.9 Å². The van der Waals surface area contributed by atoms with Gasteiger partial charge in [0.1, 0.15) is 18.0 Å². The van der Waals surface area contributed by atoms with E-state index in [2.05, 4.69) is 27.8 Å². The Morgan fingerprint density at radius 3 is 2.74 bits per heavy atom. The Morgan fingerprint density at radius 1 is 1.10 bits per heavy atom. The topological polar surface area (TPSA) is 93.8 Å². The molecule has 3 aromatic rings. The summed E-state index contributed by atoms with van der Waals surface area (Å²) < 4.78 is 22.5. The van der Waals surface area contributed by atoms with Gasteiger partial charge in [-0.2, -0.15) is 0 Å². The zero-order chi connectivity index (χ0) is 21.2. The van der Waals surface area contributed by atoms with Crippen LogP contribution in [0.4, 0.5) is 10.5 Å². The van der Waals surface area contributed by atoms with Gasteiger partial charge in [0.05, 0.1) is 26.4 Å². The third-order valence-electron chi connectivity index (χ3n) is 5.83. The lowest BCUT2D eigenvalue weighted by Crippen LogP contribution is -2.41. The second-order valence-electron chi connectivity index (χ2n) is 7.74. The maximum absolute atomic E-state index is 12.3. The number of methoxy groups -OCH3 is 1. The van der Waals surface area contributed by atoms with Gasteiger partial charge in [-0.1, -0.05) is 18.2 Å². The summed E-state index contributed by atoms with van der Waals surface area (Å²) in [6.07, 6.45) is 0.628. The molecule has 2 fully saturated rings. The molecule has 2 aromatic carbocycles. The molecule has 5 rings (SSSR count). The van der Waals surface area contributed by atoms with Crippen molar-refractivity contribution in [2.24, 2.45) is 0 Å². The van der Waals surface area contributed by atoms with Crippen LogP contribution in [-0.4, -0.2) is 55.8 Å². The van der Waals surface area contributed by atoms with Crippen molar-refractivity contribution >= 4 is 22.7 Å². The maximum atomic E-state index is 12.3. The number of rotatable bonds is 6. The third kappa shape index (κ3) is 4.10. The van der Waals surface area contributed by atoms with E-state index in [1.54, 1.807) is 31.4 Å². The van der Waals surface area contributed by atoms with Crippen molar-refractivity contribution in [2.45, 2.75) is 30.9 Å². The van der Waals surface area contributed by atoms with E-state index in [0.29, 0.717) is 25.4 Å². The average molecular weight is 423 g/mol. The van der Waals surface area contributed by atoms with Crippen LogP contribution in [0.15, 0.2) is 54.7 Å². The fraction of sp³-hybridized carbons (Fsp3) is 0.348. The summed E-state index contributed by atoms with van der Waals surface area (Å²) >= 11 is 0. The van der Waals surface area contributed by atoms with Crippen molar-refractivity contribution in [1.29, 1.82) is 0 Å². The highest BCUT2D eigenvalue weighted by atomic mass is 16.6. The van der Waals surface area contributed by atoms with Crippen LogP contribution in [0.1, 0.15) is 5.56 Å². The number of anilines is 1. The van der Waals surface area contributed by atoms with Gasteiger partial charge < -0.3 is 29.2 Å². The summed E-state index contributed by atoms with van der Waals surface area (Å²) in [4.78, 5) is 15.6. The van der Waals surface area contributed by atoms with Gasteiger partial charge in [-0.15, -0.1) is 0 Å². The van der Waals surface area contributed by atoms with Crippen LogP contribution in [-0.2, 0) is 20.8 Å². The smallest absolute Gasteiger partial charge is 0.412 e.